The molecule has 0 aliphatic heterocycles. The lowest BCUT2D eigenvalue weighted by atomic mass is 10.3. The second-order valence-corrected chi connectivity index (χ2v) is 6.34. The highest BCUT2D eigenvalue weighted by Crippen LogP contribution is 2.15. The average Bonchev–Trinajstić information content (AvgIpc) is 2.76. The fourth-order valence-electron chi connectivity index (χ4n) is 1.24. The standard InChI is InChI=1S/C10H12N4O3S2/c1-14-10(11-12-13-14)18-7-8-19(15,16)17-9-5-3-2-4-6-9/h2-6H,7-8H2,1H3. The smallest absolute Gasteiger partial charge is 0.310 e. The topological polar surface area (TPSA) is 87.0 Å². The first-order valence-corrected chi connectivity index (χ1v) is 7.95. The molecule has 0 bridgehead atoms. The van der Waals surface area contributed by atoms with Crippen molar-refractivity contribution in [3.63, 3.8) is 0 Å². The third-order valence-corrected chi connectivity index (χ3v) is 4.53. The second kappa shape index (κ2) is 6.02. The van der Waals surface area contributed by atoms with Crippen LogP contribution in [0.1, 0.15) is 0 Å². The van der Waals surface area contributed by atoms with Crippen molar-refractivity contribution in [2.24, 2.45) is 7.05 Å². The molecule has 9 heteroatoms. The number of thioether (sulfide) groups is 1. The highest BCUT2D eigenvalue weighted by atomic mass is 32.2. The molecule has 0 spiro atoms. The van der Waals surface area contributed by atoms with Crippen LogP contribution in [0, 0.1) is 0 Å². The van der Waals surface area contributed by atoms with E-state index < -0.39 is 10.1 Å². The zero-order valence-electron chi connectivity index (χ0n) is 10.1. The maximum Gasteiger partial charge on any atom is 0.310 e. The van der Waals surface area contributed by atoms with Gasteiger partial charge in [-0.25, -0.2) is 4.68 Å². The molecule has 0 atom stereocenters. The van der Waals surface area contributed by atoms with Gasteiger partial charge in [-0.2, -0.15) is 8.42 Å². The van der Waals surface area contributed by atoms with E-state index in [4.69, 9.17) is 4.18 Å². The van der Waals surface area contributed by atoms with Crippen molar-refractivity contribution in [2.75, 3.05) is 11.5 Å². The van der Waals surface area contributed by atoms with Gasteiger partial charge in [-0.1, -0.05) is 30.0 Å². The van der Waals surface area contributed by atoms with Gasteiger partial charge in [-0.3, -0.25) is 0 Å². The van der Waals surface area contributed by atoms with Crippen LogP contribution in [0.15, 0.2) is 35.5 Å². The summed E-state index contributed by atoms with van der Waals surface area (Å²) in [5, 5.41) is 11.4. The molecule has 0 fully saturated rings. The number of para-hydroxylation sites is 1. The maximum absolute atomic E-state index is 11.7. The monoisotopic (exact) mass is 300 g/mol. The number of aryl methyl sites for hydroxylation is 1. The molecular weight excluding hydrogens is 288 g/mol. The van der Waals surface area contributed by atoms with Crippen molar-refractivity contribution in [3.8, 4) is 5.75 Å². The molecule has 0 aliphatic rings. The molecule has 0 radical (unpaired) electrons. The van der Waals surface area contributed by atoms with Gasteiger partial charge < -0.3 is 4.18 Å². The van der Waals surface area contributed by atoms with Gasteiger partial charge in [0.05, 0.1) is 5.75 Å². The Morgan fingerprint density at radius 2 is 2.05 bits per heavy atom. The van der Waals surface area contributed by atoms with Gasteiger partial charge in [0.2, 0.25) is 5.16 Å². The molecule has 2 rings (SSSR count). The molecule has 0 amide bonds. The van der Waals surface area contributed by atoms with Gasteiger partial charge >= 0.3 is 10.1 Å². The molecule has 7 nitrogen and oxygen atoms in total. The summed E-state index contributed by atoms with van der Waals surface area (Å²) in [6, 6.07) is 8.40. The van der Waals surface area contributed by atoms with E-state index >= 15 is 0 Å². The van der Waals surface area contributed by atoms with Crippen LogP contribution < -0.4 is 4.18 Å². The Morgan fingerprint density at radius 1 is 1.32 bits per heavy atom. The highest BCUT2D eigenvalue weighted by molar-refractivity contribution is 8.00. The molecule has 0 saturated carbocycles. The Bertz CT molecular complexity index is 627. The Balaban J connectivity index is 1.86. The summed E-state index contributed by atoms with van der Waals surface area (Å²) in [5.41, 5.74) is 0. The minimum atomic E-state index is -3.60. The summed E-state index contributed by atoms with van der Waals surface area (Å²) in [5.74, 6) is 0.524. The first kappa shape index (κ1) is 13.8. The molecule has 2 aromatic rings. The first-order valence-electron chi connectivity index (χ1n) is 5.39. The Morgan fingerprint density at radius 3 is 2.68 bits per heavy atom. The van der Waals surface area contributed by atoms with E-state index in [1.165, 1.54) is 16.4 Å². The normalized spacial score (nSPS) is 11.4. The lowest BCUT2D eigenvalue weighted by Crippen LogP contribution is -2.15. The van der Waals surface area contributed by atoms with E-state index in [1.54, 1.807) is 37.4 Å². The summed E-state index contributed by atoms with van der Waals surface area (Å²) < 4.78 is 29.9. The number of benzene rings is 1. The predicted molar refractivity (Wildman–Crippen MR) is 70.4 cm³/mol. The fourth-order valence-corrected chi connectivity index (χ4v) is 3.38. The van der Waals surface area contributed by atoms with Crippen LogP contribution in [0.3, 0.4) is 0 Å². The molecule has 0 aliphatic carbocycles. The third-order valence-electron chi connectivity index (χ3n) is 2.11. The molecule has 1 aromatic heterocycles. The molecule has 102 valence electrons. The number of nitrogens with zero attached hydrogens (tertiary/aromatic N) is 4. The van der Waals surface area contributed by atoms with E-state index in [-0.39, 0.29) is 5.75 Å². The highest BCUT2D eigenvalue weighted by Gasteiger charge is 2.14. The number of rotatable bonds is 6. The molecule has 1 aromatic carbocycles. The molecule has 0 unspecified atom stereocenters. The number of tetrazole rings is 1. The summed E-state index contributed by atoms with van der Waals surface area (Å²) in [7, 11) is -1.91. The van der Waals surface area contributed by atoms with Crippen LogP contribution in [0.5, 0.6) is 5.75 Å². The van der Waals surface area contributed by atoms with E-state index in [0.29, 0.717) is 16.7 Å². The Hall–Kier alpha value is -1.61. The first-order chi connectivity index (χ1) is 9.07. The lowest BCUT2D eigenvalue weighted by Gasteiger charge is -2.05. The average molecular weight is 300 g/mol. The van der Waals surface area contributed by atoms with E-state index in [1.807, 2.05) is 0 Å². The molecular formula is C10H12N4O3S2. The molecule has 0 saturated heterocycles. The summed E-state index contributed by atoms with van der Waals surface area (Å²) >= 11 is 1.26. The summed E-state index contributed by atoms with van der Waals surface area (Å²) in [6.07, 6.45) is 0. The predicted octanol–water partition coefficient (Wildman–Crippen LogP) is 0.711. The van der Waals surface area contributed by atoms with Gasteiger partial charge in [0.15, 0.2) is 0 Å². The van der Waals surface area contributed by atoms with E-state index in [9.17, 15) is 8.42 Å². The van der Waals surface area contributed by atoms with Gasteiger partial charge in [0.1, 0.15) is 5.75 Å². The van der Waals surface area contributed by atoms with Gasteiger partial charge in [-0.05, 0) is 22.6 Å². The lowest BCUT2D eigenvalue weighted by molar-refractivity contribution is 0.488. The largest absolute Gasteiger partial charge is 0.382 e. The van der Waals surface area contributed by atoms with Crippen molar-refractivity contribution < 1.29 is 12.6 Å². The van der Waals surface area contributed by atoms with E-state index in [2.05, 4.69) is 15.5 Å². The minimum absolute atomic E-state index is 0.112. The zero-order valence-corrected chi connectivity index (χ0v) is 11.8. The summed E-state index contributed by atoms with van der Waals surface area (Å²) in [6.45, 7) is 0. The fraction of sp³-hybridized carbons (Fsp3) is 0.300. The van der Waals surface area contributed by atoms with Crippen molar-refractivity contribution >= 4 is 21.9 Å². The van der Waals surface area contributed by atoms with Gasteiger partial charge in [0.25, 0.3) is 0 Å². The van der Waals surface area contributed by atoms with Crippen LogP contribution >= 0.6 is 11.8 Å². The molecule has 1 heterocycles. The van der Waals surface area contributed by atoms with Crippen molar-refractivity contribution in [3.05, 3.63) is 30.3 Å². The maximum atomic E-state index is 11.7. The number of hydrogen-bond acceptors (Lipinski definition) is 7. The number of hydrogen-bond donors (Lipinski definition) is 0. The van der Waals surface area contributed by atoms with Crippen molar-refractivity contribution in [1.82, 2.24) is 20.2 Å². The minimum Gasteiger partial charge on any atom is -0.382 e. The van der Waals surface area contributed by atoms with Crippen molar-refractivity contribution in [1.29, 1.82) is 0 Å². The quantitative estimate of drug-likeness (QED) is 0.573. The van der Waals surface area contributed by atoms with Gasteiger partial charge in [0, 0.05) is 12.8 Å². The van der Waals surface area contributed by atoms with Crippen molar-refractivity contribution in [2.45, 2.75) is 5.16 Å². The van der Waals surface area contributed by atoms with Crippen LogP contribution in [-0.2, 0) is 17.2 Å². The van der Waals surface area contributed by atoms with Crippen LogP contribution in [0.4, 0.5) is 0 Å². The molecule has 0 N–H and O–H groups in total. The second-order valence-electron chi connectivity index (χ2n) is 3.59. The SMILES string of the molecule is Cn1nnnc1SCCS(=O)(=O)Oc1ccccc1. The van der Waals surface area contributed by atoms with Crippen LogP contribution in [0.2, 0.25) is 0 Å². The third kappa shape index (κ3) is 4.21. The van der Waals surface area contributed by atoms with Crippen LogP contribution in [-0.4, -0.2) is 40.1 Å². The summed E-state index contributed by atoms with van der Waals surface area (Å²) in [4.78, 5) is 0. The number of aromatic nitrogens is 4. The van der Waals surface area contributed by atoms with Crippen LogP contribution in [0.25, 0.3) is 0 Å². The Kier molecular flexibility index (Phi) is 4.38. The molecule has 19 heavy (non-hydrogen) atoms. The Labute approximate surface area is 115 Å². The zero-order chi connectivity index (χ0) is 13.7. The van der Waals surface area contributed by atoms with Gasteiger partial charge in [-0.15, -0.1) is 5.10 Å². The van der Waals surface area contributed by atoms with E-state index in [0.717, 1.165) is 0 Å².